The third kappa shape index (κ3) is 4.75. The summed E-state index contributed by atoms with van der Waals surface area (Å²) in [4.78, 5) is 2.44. The van der Waals surface area contributed by atoms with Gasteiger partial charge in [0.1, 0.15) is 0 Å². The van der Waals surface area contributed by atoms with Gasteiger partial charge in [0.2, 0.25) is 0 Å². The Morgan fingerprint density at radius 2 is 1.04 bits per heavy atom. The van der Waals surface area contributed by atoms with Crippen LogP contribution in [-0.2, 0) is 5.41 Å². The standard InChI is InChI=1S/C49H35NS/c1-49(2)44-19-11-9-17-39(44)40-28-27-38(31-45(40)49)50(36-24-21-33(22-25-36)32-13-5-3-6-14-32)37-26-23-35-29-42(34-15-7-4-8-16-34)47-41-18-10-12-20-46(41)51-48(47)43(35)30-37/h3-31H,1-2H3. The highest BCUT2D eigenvalue weighted by Gasteiger charge is 2.35. The fourth-order valence-corrected chi connectivity index (χ4v) is 9.55. The van der Waals surface area contributed by atoms with Crippen LogP contribution in [0, 0.1) is 0 Å². The van der Waals surface area contributed by atoms with Gasteiger partial charge in [-0.25, -0.2) is 0 Å². The van der Waals surface area contributed by atoms with Crippen LogP contribution in [0.1, 0.15) is 25.0 Å². The minimum atomic E-state index is -0.0920. The van der Waals surface area contributed by atoms with Gasteiger partial charge >= 0.3 is 0 Å². The van der Waals surface area contributed by atoms with Gasteiger partial charge < -0.3 is 4.90 Å². The van der Waals surface area contributed by atoms with Gasteiger partial charge in [-0.15, -0.1) is 11.3 Å². The Labute approximate surface area is 302 Å². The number of fused-ring (bicyclic) bond motifs is 8. The maximum absolute atomic E-state index is 2.44. The second kappa shape index (κ2) is 11.6. The van der Waals surface area contributed by atoms with Crippen molar-refractivity contribution in [3.8, 4) is 33.4 Å². The van der Waals surface area contributed by atoms with E-state index < -0.39 is 0 Å². The molecule has 1 aromatic heterocycles. The van der Waals surface area contributed by atoms with Crippen molar-refractivity contribution in [2.75, 3.05) is 4.90 Å². The predicted molar refractivity (Wildman–Crippen MR) is 220 cm³/mol. The summed E-state index contributed by atoms with van der Waals surface area (Å²) in [5.41, 5.74) is 13.8. The zero-order valence-corrected chi connectivity index (χ0v) is 29.4. The molecule has 0 atom stereocenters. The monoisotopic (exact) mass is 669 g/mol. The lowest BCUT2D eigenvalue weighted by Gasteiger charge is -2.28. The third-order valence-electron chi connectivity index (χ3n) is 10.8. The first-order chi connectivity index (χ1) is 25.0. The molecule has 0 saturated carbocycles. The predicted octanol–water partition coefficient (Wildman–Crippen LogP) is 14.3. The zero-order chi connectivity index (χ0) is 34.1. The van der Waals surface area contributed by atoms with Crippen LogP contribution >= 0.6 is 11.3 Å². The van der Waals surface area contributed by atoms with Gasteiger partial charge in [-0.2, -0.15) is 0 Å². The van der Waals surface area contributed by atoms with E-state index in [1.165, 1.54) is 75.5 Å². The van der Waals surface area contributed by atoms with Crippen molar-refractivity contribution in [1.29, 1.82) is 0 Å². The van der Waals surface area contributed by atoms with Crippen LogP contribution in [0.2, 0.25) is 0 Å². The number of thiophene rings is 1. The van der Waals surface area contributed by atoms with E-state index in [0.29, 0.717) is 0 Å². The summed E-state index contributed by atoms with van der Waals surface area (Å²) in [5.74, 6) is 0. The van der Waals surface area contributed by atoms with Crippen LogP contribution in [0.3, 0.4) is 0 Å². The van der Waals surface area contributed by atoms with E-state index in [1.807, 2.05) is 11.3 Å². The first-order valence-electron chi connectivity index (χ1n) is 17.7. The van der Waals surface area contributed by atoms with Gasteiger partial charge in [-0.3, -0.25) is 0 Å². The topological polar surface area (TPSA) is 3.24 Å². The molecule has 0 radical (unpaired) electrons. The van der Waals surface area contributed by atoms with Crippen LogP contribution in [0.25, 0.3) is 64.3 Å². The summed E-state index contributed by atoms with van der Waals surface area (Å²) in [7, 11) is 0. The SMILES string of the molecule is CC1(C)c2ccccc2-c2ccc(N(c3ccc(-c4ccccc4)cc3)c3ccc4cc(-c5ccccc5)c5c6ccccc6sc5c4c3)cc21. The van der Waals surface area contributed by atoms with Crippen molar-refractivity contribution < 1.29 is 0 Å². The molecule has 10 rings (SSSR count). The van der Waals surface area contributed by atoms with E-state index in [4.69, 9.17) is 0 Å². The fourth-order valence-electron chi connectivity index (χ4n) is 8.29. The Morgan fingerprint density at radius 3 is 1.84 bits per heavy atom. The van der Waals surface area contributed by atoms with E-state index in [9.17, 15) is 0 Å². The molecule has 9 aromatic rings. The van der Waals surface area contributed by atoms with E-state index in [0.717, 1.165) is 17.1 Å². The normalized spacial score (nSPS) is 13.1. The Hall–Kier alpha value is -5.96. The largest absolute Gasteiger partial charge is 0.310 e. The summed E-state index contributed by atoms with van der Waals surface area (Å²) >= 11 is 1.90. The molecule has 0 bridgehead atoms. The van der Waals surface area contributed by atoms with Crippen molar-refractivity contribution in [1.82, 2.24) is 0 Å². The van der Waals surface area contributed by atoms with E-state index >= 15 is 0 Å². The van der Waals surface area contributed by atoms with Gasteiger partial charge in [0, 0.05) is 48.0 Å². The highest BCUT2D eigenvalue weighted by molar-refractivity contribution is 7.26. The molecule has 0 spiro atoms. The van der Waals surface area contributed by atoms with Gasteiger partial charge in [0.25, 0.3) is 0 Å². The van der Waals surface area contributed by atoms with Gasteiger partial charge in [0.05, 0.1) is 0 Å². The molecular formula is C49H35NS. The Bertz CT molecular complexity index is 2760. The molecule has 242 valence electrons. The van der Waals surface area contributed by atoms with Crippen molar-refractivity contribution in [3.63, 3.8) is 0 Å². The lowest BCUT2D eigenvalue weighted by molar-refractivity contribution is 0.660. The molecule has 1 nitrogen and oxygen atoms in total. The molecule has 8 aromatic carbocycles. The number of hydrogen-bond acceptors (Lipinski definition) is 2. The summed E-state index contributed by atoms with van der Waals surface area (Å²) in [5, 5.41) is 5.18. The van der Waals surface area contributed by atoms with Crippen molar-refractivity contribution in [2.24, 2.45) is 0 Å². The zero-order valence-electron chi connectivity index (χ0n) is 28.6. The van der Waals surface area contributed by atoms with Crippen LogP contribution in [0.5, 0.6) is 0 Å². The average molecular weight is 670 g/mol. The minimum Gasteiger partial charge on any atom is -0.310 e. The summed E-state index contributed by atoms with van der Waals surface area (Å²) in [6.07, 6.45) is 0. The highest BCUT2D eigenvalue weighted by atomic mass is 32.1. The van der Waals surface area contributed by atoms with Crippen molar-refractivity contribution >= 4 is 59.3 Å². The second-order valence-electron chi connectivity index (χ2n) is 14.1. The van der Waals surface area contributed by atoms with E-state index in [1.54, 1.807) is 0 Å². The number of rotatable bonds is 5. The molecule has 0 amide bonds. The van der Waals surface area contributed by atoms with Gasteiger partial charge in [-0.1, -0.05) is 141 Å². The number of anilines is 3. The Morgan fingerprint density at radius 1 is 0.431 bits per heavy atom. The second-order valence-corrected chi connectivity index (χ2v) is 15.2. The minimum absolute atomic E-state index is 0.0920. The molecule has 0 N–H and O–H groups in total. The van der Waals surface area contributed by atoms with Crippen LogP contribution in [-0.4, -0.2) is 0 Å². The van der Waals surface area contributed by atoms with Gasteiger partial charge in [0.15, 0.2) is 0 Å². The summed E-state index contributed by atoms with van der Waals surface area (Å²) in [6.45, 7) is 4.72. The first kappa shape index (κ1) is 29.9. The van der Waals surface area contributed by atoms with Crippen LogP contribution in [0.15, 0.2) is 176 Å². The number of hydrogen-bond donors (Lipinski definition) is 0. The molecule has 1 aliphatic carbocycles. The van der Waals surface area contributed by atoms with Crippen molar-refractivity contribution in [3.05, 3.63) is 187 Å². The maximum Gasteiger partial charge on any atom is 0.0468 e. The average Bonchev–Trinajstić information content (AvgIpc) is 3.69. The fraction of sp³-hybridized carbons (Fsp3) is 0.0612. The lowest BCUT2D eigenvalue weighted by Crippen LogP contribution is -2.16. The van der Waals surface area contributed by atoms with Crippen LogP contribution < -0.4 is 4.90 Å². The first-order valence-corrected chi connectivity index (χ1v) is 18.5. The molecule has 0 saturated heterocycles. The quantitative estimate of drug-likeness (QED) is 0.176. The lowest BCUT2D eigenvalue weighted by atomic mass is 9.82. The smallest absolute Gasteiger partial charge is 0.0468 e. The Kier molecular flexibility index (Phi) is 6.78. The summed E-state index contributed by atoms with van der Waals surface area (Å²) in [6, 6.07) is 64.8. The summed E-state index contributed by atoms with van der Waals surface area (Å²) < 4.78 is 2.65. The van der Waals surface area contributed by atoms with E-state index in [-0.39, 0.29) is 5.41 Å². The molecule has 0 aliphatic heterocycles. The maximum atomic E-state index is 2.44. The molecule has 1 heterocycles. The molecular weight excluding hydrogens is 635 g/mol. The van der Waals surface area contributed by atoms with Crippen molar-refractivity contribution in [2.45, 2.75) is 19.3 Å². The molecule has 2 heteroatoms. The molecule has 51 heavy (non-hydrogen) atoms. The number of nitrogens with zero attached hydrogens (tertiary/aromatic N) is 1. The molecule has 0 fully saturated rings. The molecule has 1 aliphatic rings. The molecule has 0 unspecified atom stereocenters. The highest BCUT2D eigenvalue weighted by Crippen LogP contribution is 2.51. The van der Waals surface area contributed by atoms with E-state index in [2.05, 4.69) is 195 Å². The van der Waals surface area contributed by atoms with Gasteiger partial charge in [-0.05, 0) is 98.4 Å². The third-order valence-corrected chi connectivity index (χ3v) is 12.1. The van der Waals surface area contributed by atoms with Crippen LogP contribution in [0.4, 0.5) is 17.1 Å². The number of benzene rings is 8. The Balaban J connectivity index is 1.20.